The lowest BCUT2D eigenvalue weighted by atomic mass is 10.00. The van der Waals surface area contributed by atoms with Crippen LogP contribution in [0, 0.1) is 0 Å². The van der Waals surface area contributed by atoms with Gasteiger partial charge in [0.1, 0.15) is 12.4 Å². The van der Waals surface area contributed by atoms with Crippen LogP contribution in [-0.2, 0) is 13.0 Å². The van der Waals surface area contributed by atoms with Gasteiger partial charge in [-0.1, -0.05) is 36.4 Å². The summed E-state index contributed by atoms with van der Waals surface area (Å²) in [6, 6.07) is 17.0. The van der Waals surface area contributed by atoms with E-state index in [1.165, 1.54) is 12.1 Å². The van der Waals surface area contributed by atoms with Gasteiger partial charge in [-0.2, -0.15) is 13.2 Å². The first kappa shape index (κ1) is 19.9. The van der Waals surface area contributed by atoms with Gasteiger partial charge in [0.05, 0.1) is 30.8 Å². The van der Waals surface area contributed by atoms with E-state index in [1.54, 1.807) is 41.4 Å². The van der Waals surface area contributed by atoms with Crippen LogP contribution >= 0.6 is 0 Å². The molecule has 0 bridgehead atoms. The lowest BCUT2D eigenvalue weighted by molar-refractivity contribution is -0.127. The van der Waals surface area contributed by atoms with E-state index >= 15 is 0 Å². The van der Waals surface area contributed by atoms with E-state index in [-0.39, 0.29) is 11.5 Å². The molecule has 1 aliphatic rings. The van der Waals surface area contributed by atoms with Crippen LogP contribution < -0.4 is 4.74 Å². The van der Waals surface area contributed by atoms with Crippen molar-refractivity contribution in [3.63, 3.8) is 0 Å². The maximum atomic E-state index is 13.1. The number of amides is 1. The molecule has 0 N–H and O–H groups in total. The second-order valence-corrected chi connectivity index (χ2v) is 7.10. The van der Waals surface area contributed by atoms with Gasteiger partial charge in [0, 0.05) is 6.20 Å². The Balaban J connectivity index is 1.59. The molecule has 4 rings (SSSR count). The van der Waals surface area contributed by atoms with Gasteiger partial charge >= 0.3 is 6.18 Å². The highest BCUT2D eigenvalue weighted by atomic mass is 19.4. The average Bonchev–Trinajstić information content (AvgIpc) is 2.87. The molecule has 2 aromatic carbocycles. The number of nitrogens with zero attached hydrogens (tertiary/aromatic N) is 2. The van der Waals surface area contributed by atoms with Crippen molar-refractivity contribution in [2.24, 2.45) is 0 Å². The summed E-state index contributed by atoms with van der Waals surface area (Å²) < 4.78 is 43.4. The van der Waals surface area contributed by atoms with E-state index in [0.29, 0.717) is 31.0 Å². The molecule has 1 amide bonds. The van der Waals surface area contributed by atoms with Crippen LogP contribution in [0.4, 0.5) is 13.2 Å². The molecule has 154 valence electrons. The van der Waals surface area contributed by atoms with Crippen molar-refractivity contribution in [1.29, 1.82) is 0 Å². The van der Waals surface area contributed by atoms with Gasteiger partial charge < -0.3 is 9.64 Å². The topological polar surface area (TPSA) is 42.4 Å². The molecule has 0 unspecified atom stereocenters. The van der Waals surface area contributed by atoms with Crippen LogP contribution in [0.15, 0.2) is 66.9 Å². The molecule has 0 radical (unpaired) electrons. The molecule has 7 heteroatoms. The van der Waals surface area contributed by atoms with E-state index in [4.69, 9.17) is 4.74 Å². The Kier molecular flexibility index (Phi) is 5.44. The maximum absolute atomic E-state index is 13.1. The number of rotatable bonds is 4. The molecule has 0 fully saturated rings. The van der Waals surface area contributed by atoms with Crippen LogP contribution in [-0.4, -0.2) is 35.1 Å². The Morgan fingerprint density at radius 2 is 1.77 bits per heavy atom. The number of aromatic nitrogens is 1. The number of hydrogen-bond donors (Lipinski definition) is 0. The summed E-state index contributed by atoms with van der Waals surface area (Å²) in [4.78, 5) is 19.1. The van der Waals surface area contributed by atoms with Crippen LogP contribution in [0.5, 0.6) is 5.75 Å². The molecule has 0 spiro atoms. The zero-order chi connectivity index (χ0) is 21.1. The molecular formula is C23H19F3N2O2. The number of carbonyl (C=O) groups excluding carboxylic acids is 1. The van der Waals surface area contributed by atoms with E-state index in [1.807, 2.05) is 18.2 Å². The van der Waals surface area contributed by atoms with Gasteiger partial charge in [0.2, 0.25) is 0 Å². The Bertz CT molecular complexity index is 1030. The largest absolute Gasteiger partial charge is 0.491 e. The Hall–Kier alpha value is -3.35. The van der Waals surface area contributed by atoms with Crippen LogP contribution in [0.3, 0.4) is 0 Å². The number of benzene rings is 2. The van der Waals surface area contributed by atoms with E-state index in [0.717, 1.165) is 16.8 Å². The smallest absolute Gasteiger partial charge is 0.393 e. The van der Waals surface area contributed by atoms with Crippen molar-refractivity contribution in [2.75, 3.05) is 13.2 Å². The molecule has 0 saturated heterocycles. The number of hydrogen-bond acceptors (Lipinski definition) is 3. The van der Waals surface area contributed by atoms with E-state index in [9.17, 15) is 18.0 Å². The fourth-order valence-electron chi connectivity index (χ4n) is 3.42. The fraction of sp³-hybridized carbons (Fsp3) is 0.217. The summed E-state index contributed by atoms with van der Waals surface area (Å²) in [5.74, 6) is 0.338. The van der Waals surface area contributed by atoms with Crippen LogP contribution in [0.1, 0.15) is 21.6 Å². The van der Waals surface area contributed by atoms with Crippen molar-refractivity contribution >= 4 is 5.91 Å². The van der Waals surface area contributed by atoms with Gasteiger partial charge in [0.15, 0.2) is 0 Å². The highest BCUT2D eigenvalue weighted by Gasteiger charge is 2.27. The number of alkyl halides is 3. The first-order valence-corrected chi connectivity index (χ1v) is 9.51. The number of halogens is 3. The first-order valence-electron chi connectivity index (χ1n) is 9.51. The third kappa shape index (κ3) is 4.62. The predicted molar refractivity (Wildman–Crippen MR) is 106 cm³/mol. The molecule has 4 nitrogen and oxygen atoms in total. The van der Waals surface area contributed by atoms with Gasteiger partial charge in [-0.15, -0.1) is 0 Å². The van der Waals surface area contributed by atoms with E-state index in [2.05, 4.69) is 4.98 Å². The van der Waals surface area contributed by atoms with Crippen molar-refractivity contribution in [1.82, 2.24) is 9.88 Å². The second kappa shape index (κ2) is 8.18. The maximum Gasteiger partial charge on any atom is 0.393 e. The number of pyridine rings is 1. The average molecular weight is 412 g/mol. The number of ether oxygens (including phenoxy) is 1. The summed E-state index contributed by atoms with van der Waals surface area (Å²) in [7, 11) is 0. The number of fused-ring (bicyclic) bond motifs is 1. The summed E-state index contributed by atoms with van der Waals surface area (Å²) >= 11 is 0. The molecule has 2 heterocycles. The molecular weight excluding hydrogens is 393 g/mol. The molecule has 3 aromatic rings. The molecule has 1 aromatic heterocycles. The summed E-state index contributed by atoms with van der Waals surface area (Å²) in [5.41, 5.74) is 2.88. The third-order valence-corrected chi connectivity index (χ3v) is 4.89. The van der Waals surface area contributed by atoms with Crippen LogP contribution in [0.25, 0.3) is 11.1 Å². The van der Waals surface area contributed by atoms with E-state index < -0.39 is 12.6 Å². The molecule has 0 atom stereocenters. The minimum Gasteiger partial charge on any atom is -0.491 e. The third-order valence-electron chi connectivity index (χ3n) is 4.89. The molecule has 0 aliphatic carbocycles. The van der Waals surface area contributed by atoms with Gasteiger partial charge in [0.25, 0.3) is 5.91 Å². The lowest BCUT2D eigenvalue weighted by Gasteiger charge is -2.19. The SMILES string of the molecule is O=C1c2cc(-c3ccc(CC(F)(F)F)cc3)ccc2OCCN1Cc1ccccn1. The predicted octanol–water partition coefficient (Wildman–Crippen LogP) is 4.89. The molecule has 1 aliphatic heterocycles. The van der Waals surface area contributed by atoms with Gasteiger partial charge in [-0.3, -0.25) is 9.78 Å². The summed E-state index contributed by atoms with van der Waals surface area (Å²) in [6.45, 7) is 1.18. The van der Waals surface area contributed by atoms with Crippen molar-refractivity contribution in [3.8, 4) is 16.9 Å². The standard InChI is InChI=1S/C23H19F3N2O2/c24-23(25,26)14-16-4-6-17(7-5-16)18-8-9-21-20(13-18)22(29)28(11-12-30-21)15-19-3-1-2-10-27-19/h1-10,13H,11-12,14-15H2. The number of carbonyl (C=O) groups is 1. The van der Waals surface area contributed by atoms with Crippen LogP contribution in [0.2, 0.25) is 0 Å². The normalized spacial score (nSPS) is 14.1. The van der Waals surface area contributed by atoms with Gasteiger partial charge in [-0.05, 0) is 41.0 Å². The van der Waals surface area contributed by atoms with Gasteiger partial charge in [-0.25, -0.2) is 0 Å². The highest BCUT2D eigenvalue weighted by molar-refractivity contribution is 5.98. The van der Waals surface area contributed by atoms with Crippen molar-refractivity contribution in [3.05, 3.63) is 83.7 Å². The van der Waals surface area contributed by atoms with Crippen molar-refractivity contribution in [2.45, 2.75) is 19.1 Å². The minimum absolute atomic E-state index is 0.163. The molecule has 0 saturated carbocycles. The Labute approximate surface area is 171 Å². The second-order valence-electron chi connectivity index (χ2n) is 7.10. The summed E-state index contributed by atoms with van der Waals surface area (Å²) in [5, 5.41) is 0. The van der Waals surface area contributed by atoms with Crippen molar-refractivity contribution < 1.29 is 22.7 Å². The molecule has 30 heavy (non-hydrogen) atoms. The highest BCUT2D eigenvalue weighted by Crippen LogP contribution is 2.30. The minimum atomic E-state index is -4.24. The lowest BCUT2D eigenvalue weighted by Crippen LogP contribution is -2.32. The zero-order valence-electron chi connectivity index (χ0n) is 16.0. The zero-order valence-corrected chi connectivity index (χ0v) is 16.0. The fourth-order valence-corrected chi connectivity index (χ4v) is 3.42. The quantitative estimate of drug-likeness (QED) is 0.613. The first-order chi connectivity index (χ1) is 14.4. The summed E-state index contributed by atoms with van der Waals surface area (Å²) in [6.07, 6.45) is -3.53. The Morgan fingerprint density at radius 3 is 2.47 bits per heavy atom. The monoisotopic (exact) mass is 412 g/mol. The Morgan fingerprint density at radius 1 is 1.00 bits per heavy atom.